The van der Waals surface area contributed by atoms with Gasteiger partial charge in [-0.15, -0.1) is 24.0 Å². The summed E-state index contributed by atoms with van der Waals surface area (Å²) < 4.78 is 33.0. The topological polar surface area (TPSA) is 72.7 Å². The van der Waals surface area contributed by atoms with Crippen molar-refractivity contribution in [1.82, 2.24) is 15.5 Å². The molecule has 1 heterocycles. The molecule has 2 N–H and O–H groups in total. The van der Waals surface area contributed by atoms with Gasteiger partial charge in [0.05, 0.1) is 25.3 Å². The second kappa shape index (κ2) is 13.3. The van der Waals surface area contributed by atoms with Crippen LogP contribution in [0.3, 0.4) is 0 Å². The molecular formula is C24H30F2IN5O. The quantitative estimate of drug-likeness (QED) is 0.298. The largest absolute Gasteiger partial charge is 0.494 e. The van der Waals surface area contributed by atoms with E-state index in [0.29, 0.717) is 30.2 Å². The van der Waals surface area contributed by atoms with Crippen LogP contribution in [0.2, 0.25) is 0 Å². The van der Waals surface area contributed by atoms with Gasteiger partial charge in [0, 0.05) is 37.8 Å². The number of hydrogen-bond acceptors (Lipinski definition) is 4. The Morgan fingerprint density at radius 1 is 1.18 bits per heavy atom. The van der Waals surface area contributed by atoms with Gasteiger partial charge in [-0.3, -0.25) is 4.90 Å². The molecule has 0 radical (unpaired) electrons. The number of hydrogen-bond donors (Lipinski definition) is 2. The first-order chi connectivity index (χ1) is 15.5. The summed E-state index contributed by atoms with van der Waals surface area (Å²) >= 11 is 0. The van der Waals surface area contributed by atoms with Crippen LogP contribution in [0, 0.1) is 23.0 Å². The summed E-state index contributed by atoms with van der Waals surface area (Å²) in [5.41, 5.74) is 1.67. The van der Waals surface area contributed by atoms with Crippen molar-refractivity contribution in [3.8, 4) is 11.8 Å². The van der Waals surface area contributed by atoms with Gasteiger partial charge in [-0.05, 0) is 49.6 Å². The predicted octanol–water partition coefficient (Wildman–Crippen LogP) is 4.18. The average Bonchev–Trinajstić information content (AvgIpc) is 2.79. The van der Waals surface area contributed by atoms with E-state index in [2.05, 4.69) is 20.5 Å². The number of ether oxygens (including phenoxy) is 1. The summed E-state index contributed by atoms with van der Waals surface area (Å²) in [7, 11) is 1.46. The molecule has 33 heavy (non-hydrogen) atoms. The number of nitriles is 1. The summed E-state index contributed by atoms with van der Waals surface area (Å²) in [4.78, 5) is 6.81. The molecule has 3 rings (SSSR count). The Morgan fingerprint density at radius 2 is 1.94 bits per heavy atom. The maximum Gasteiger partial charge on any atom is 0.191 e. The summed E-state index contributed by atoms with van der Waals surface area (Å²) in [5, 5.41) is 15.5. The second-order valence-corrected chi connectivity index (χ2v) is 7.78. The zero-order chi connectivity index (χ0) is 22.9. The van der Waals surface area contributed by atoms with Crippen LogP contribution in [0.4, 0.5) is 8.78 Å². The minimum atomic E-state index is -0.424. The Hall–Kier alpha value is -2.45. The first-order valence-electron chi connectivity index (χ1n) is 10.8. The van der Waals surface area contributed by atoms with Crippen LogP contribution in [-0.2, 0) is 13.1 Å². The molecule has 0 aromatic heterocycles. The van der Waals surface area contributed by atoms with Gasteiger partial charge >= 0.3 is 0 Å². The summed E-state index contributed by atoms with van der Waals surface area (Å²) in [5.74, 6) is 0.137. The molecule has 6 nitrogen and oxygen atoms in total. The maximum absolute atomic E-state index is 14.1. The number of benzene rings is 2. The van der Waals surface area contributed by atoms with E-state index >= 15 is 0 Å². The fraction of sp³-hybridized carbons (Fsp3) is 0.417. The molecule has 0 unspecified atom stereocenters. The van der Waals surface area contributed by atoms with Crippen molar-refractivity contribution in [2.75, 3.05) is 26.7 Å². The molecule has 2 aromatic carbocycles. The Bertz CT molecular complexity index is 987. The van der Waals surface area contributed by atoms with E-state index in [1.807, 2.05) is 19.1 Å². The van der Waals surface area contributed by atoms with Crippen molar-refractivity contribution in [1.29, 1.82) is 5.26 Å². The molecule has 0 saturated carbocycles. The van der Waals surface area contributed by atoms with Crippen LogP contribution in [-0.4, -0.2) is 43.6 Å². The first kappa shape index (κ1) is 26.8. The Kier molecular flexibility index (Phi) is 10.8. The van der Waals surface area contributed by atoms with Crippen LogP contribution in [0.1, 0.15) is 36.5 Å². The van der Waals surface area contributed by atoms with Crippen molar-refractivity contribution >= 4 is 29.9 Å². The molecule has 178 valence electrons. The molecular weight excluding hydrogens is 539 g/mol. The summed E-state index contributed by atoms with van der Waals surface area (Å²) in [6, 6.07) is 11.7. The lowest BCUT2D eigenvalue weighted by molar-refractivity contribution is 0.198. The fourth-order valence-corrected chi connectivity index (χ4v) is 3.72. The Balaban J connectivity index is 0.00000385. The van der Waals surface area contributed by atoms with Gasteiger partial charge in [-0.2, -0.15) is 5.26 Å². The second-order valence-electron chi connectivity index (χ2n) is 7.78. The van der Waals surface area contributed by atoms with Gasteiger partial charge in [-0.25, -0.2) is 13.8 Å². The number of nitrogens with zero attached hydrogens (tertiary/aromatic N) is 3. The molecule has 0 spiro atoms. The van der Waals surface area contributed by atoms with Gasteiger partial charge in [-0.1, -0.05) is 12.1 Å². The lowest BCUT2D eigenvalue weighted by Gasteiger charge is -2.33. The molecule has 1 saturated heterocycles. The normalized spacial score (nSPS) is 14.8. The van der Waals surface area contributed by atoms with Crippen molar-refractivity contribution in [3.63, 3.8) is 0 Å². The Labute approximate surface area is 211 Å². The molecule has 2 aromatic rings. The van der Waals surface area contributed by atoms with E-state index in [1.165, 1.54) is 19.2 Å². The summed E-state index contributed by atoms with van der Waals surface area (Å²) in [6.45, 7) is 5.33. The van der Waals surface area contributed by atoms with Gasteiger partial charge in [0.1, 0.15) is 5.82 Å². The van der Waals surface area contributed by atoms with E-state index in [9.17, 15) is 8.78 Å². The van der Waals surface area contributed by atoms with Crippen LogP contribution >= 0.6 is 24.0 Å². The number of aliphatic imine (C=N–C) groups is 1. The van der Waals surface area contributed by atoms with Gasteiger partial charge < -0.3 is 15.4 Å². The third kappa shape index (κ3) is 7.82. The molecule has 0 atom stereocenters. The average molecular weight is 569 g/mol. The molecule has 1 aliphatic heterocycles. The number of guanidine groups is 1. The smallest absolute Gasteiger partial charge is 0.191 e. The van der Waals surface area contributed by atoms with Gasteiger partial charge in [0.2, 0.25) is 0 Å². The highest BCUT2D eigenvalue weighted by Gasteiger charge is 2.20. The van der Waals surface area contributed by atoms with Crippen molar-refractivity contribution in [2.24, 2.45) is 4.99 Å². The van der Waals surface area contributed by atoms with E-state index in [-0.39, 0.29) is 48.1 Å². The minimum absolute atomic E-state index is 0. The van der Waals surface area contributed by atoms with Gasteiger partial charge in [0.25, 0.3) is 0 Å². The van der Waals surface area contributed by atoms with Crippen molar-refractivity contribution in [3.05, 3.63) is 64.7 Å². The van der Waals surface area contributed by atoms with E-state index in [1.54, 1.807) is 18.2 Å². The minimum Gasteiger partial charge on any atom is -0.494 e. The van der Waals surface area contributed by atoms with Crippen LogP contribution in [0.25, 0.3) is 0 Å². The highest BCUT2D eigenvalue weighted by molar-refractivity contribution is 14.0. The van der Waals surface area contributed by atoms with Crippen molar-refractivity contribution < 1.29 is 13.5 Å². The molecule has 9 heteroatoms. The highest BCUT2D eigenvalue weighted by Crippen LogP contribution is 2.20. The Morgan fingerprint density at radius 3 is 2.55 bits per heavy atom. The van der Waals surface area contributed by atoms with Crippen LogP contribution in [0.15, 0.2) is 41.4 Å². The lowest BCUT2D eigenvalue weighted by atomic mass is 10.0. The molecule has 0 aliphatic carbocycles. The number of likely N-dealkylation sites (tertiary alicyclic amines) is 1. The number of rotatable bonds is 7. The zero-order valence-corrected chi connectivity index (χ0v) is 21.2. The number of nitrogens with one attached hydrogen (secondary N) is 2. The fourth-order valence-electron chi connectivity index (χ4n) is 3.72. The monoisotopic (exact) mass is 569 g/mol. The molecule has 1 aliphatic rings. The SMILES string of the molecule is CCNC(=NCc1ccc(C#N)cc1F)NC1CCN(Cc2ccc(OC)c(F)c2)CC1.I. The van der Waals surface area contributed by atoms with Gasteiger partial charge in [0.15, 0.2) is 17.5 Å². The number of piperidine rings is 1. The summed E-state index contributed by atoms with van der Waals surface area (Å²) in [6.07, 6.45) is 1.85. The van der Waals surface area contributed by atoms with Crippen molar-refractivity contribution in [2.45, 2.75) is 38.9 Å². The maximum atomic E-state index is 14.1. The standard InChI is InChI=1S/C24H29F2N5O.HI/c1-3-28-24(29-15-19-6-4-17(14-27)12-21(19)25)30-20-8-10-31(11-9-20)16-18-5-7-23(32-2)22(26)13-18;/h4-7,12-13,20H,3,8-11,15-16H2,1-2H3,(H2,28,29,30);1H. The molecule has 1 fully saturated rings. The van der Waals surface area contributed by atoms with E-state index in [4.69, 9.17) is 10.00 Å². The van der Waals surface area contributed by atoms with E-state index < -0.39 is 5.82 Å². The van der Waals surface area contributed by atoms with Crippen LogP contribution < -0.4 is 15.4 Å². The first-order valence-corrected chi connectivity index (χ1v) is 10.8. The van der Waals surface area contributed by atoms with E-state index in [0.717, 1.165) is 31.5 Å². The third-order valence-electron chi connectivity index (χ3n) is 5.48. The molecule has 0 bridgehead atoms. The van der Waals surface area contributed by atoms with Crippen LogP contribution in [0.5, 0.6) is 5.75 Å². The number of methoxy groups -OCH3 is 1. The molecule has 0 amide bonds. The predicted molar refractivity (Wildman–Crippen MR) is 136 cm³/mol. The number of halogens is 3. The third-order valence-corrected chi connectivity index (χ3v) is 5.48. The zero-order valence-electron chi connectivity index (χ0n) is 18.9. The lowest BCUT2D eigenvalue weighted by Crippen LogP contribution is -2.48. The highest BCUT2D eigenvalue weighted by atomic mass is 127.